The summed E-state index contributed by atoms with van der Waals surface area (Å²) in [5.41, 5.74) is 0.647. The largest absolute Gasteiger partial charge is 0.465 e. The molecular weight excluding hydrogens is 380 g/mol. The fourth-order valence-electron chi connectivity index (χ4n) is 1.54. The van der Waals surface area contributed by atoms with Crippen LogP contribution in [0.2, 0.25) is 0 Å². The van der Waals surface area contributed by atoms with Crippen LogP contribution in [-0.2, 0) is 14.8 Å². The van der Waals surface area contributed by atoms with Gasteiger partial charge in [0.25, 0.3) is 10.0 Å². The molecule has 0 unspecified atom stereocenters. The van der Waals surface area contributed by atoms with Crippen molar-refractivity contribution in [3.63, 3.8) is 0 Å². The van der Waals surface area contributed by atoms with Gasteiger partial charge in [0.15, 0.2) is 0 Å². The molecule has 21 heavy (non-hydrogen) atoms. The summed E-state index contributed by atoms with van der Waals surface area (Å²) in [6.45, 7) is 1.74. The van der Waals surface area contributed by atoms with Gasteiger partial charge in [-0.25, -0.2) is 18.2 Å². The molecule has 2 aromatic heterocycles. The molecule has 2 rings (SSSR count). The van der Waals surface area contributed by atoms with Crippen LogP contribution in [0.4, 0.5) is 5.82 Å². The monoisotopic (exact) mass is 390 g/mol. The number of sulfonamides is 1. The topological polar surface area (TPSA) is 85.4 Å². The lowest BCUT2D eigenvalue weighted by Crippen LogP contribution is -2.16. The molecule has 0 saturated heterocycles. The Morgan fingerprint density at radius 2 is 2.10 bits per heavy atom. The van der Waals surface area contributed by atoms with E-state index in [1.165, 1.54) is 24.6 Å². The van der Waals surface area contributed by atoms with E-state index in [1.807, 2.05) is 0 Å². The van der Waals surface area contributed by atoms with Crippen LogP contribution in [0.1, 0.15) is 15.4 Å². The maximum Gasteiger partial charge on any atom is 0.349 e. The lowest BCUT2D eigenvalue weighted by molar-refractivity contribution is 0.0602. The number of halogens is 1. The molecule has 9 heteroatoms. The van der Waals surface area contributed by atoms with Gasteiger partial charge in [-0.3, -0.25) is 4.72 Å². The van der Waals surface area contributed by atoms with E-state index >= 15 is 0 Å². The SMILES string of the molecule is COC(=O)c1sccc1S(=O)(=O)Nc1ccc(Br)c(C)n1. The standard InChI is InChI=1S/C12H11BrN2O4S2/c1-7-8(13)3-4-10(14-7)15-21(17,18)9-5-6-20-11(9)12(16)19-2/h3-6H,1-2H3,(H,14,15). The van der Waals surface area contributed by atoms with Crippen LogP contribution in [0.3, 0.4) is 0 Å². The molecule has 0 aliphatic rings. The first kappa shape index (κ1) is 15.9. The molecule has 2 heterocycles. The van der Waals surface area contributed by atoms with E-state index in [9.17, 15) is 13.2 Å². The van der Waals surface area contributed by atoms with Crippen molar-refractivity contribution >= 4 is 49.1 Å². The highest BCUT2D eigenvalue weighted by atomic mass is 79.9. The maximum absolute atomic E-state index is 12.3. The highest BCUT2D eigenvalue weighted by Gasteiger charge is 2.25. The van der Waals surface area contributed by atoms with Crippen molar-refractivity contribution in [2.24, 2.45) is 0 Å². The van der Waals surface area contributed by atoms with Crippen LogP contribution in [0.25, 0.3) is 0 Å². The minimum absolute atomic E-state index is 0.0267. The van der Waals surface area contributed by atoms with Crippen LogP contribution in [0.15, 0.2) is 32.9 Å². The number of anilines is 1. The predicted octanol–water partition coefficient (Wildman–Crippen LogP) is 2.80. The lowest BCUT2D eigenvalue weighted by Gasteiger charge is -2.08. The summed E-state index contributed by atoms with van der Waals surface area (Å²) in [5, 5.41) is 1.51. The Morgan fingerprint density at radius 1 is 1.38 bits per heavy atom. The maximum atomic E-state index is 12.3. The minimum atomic E-state index is -3.90. The van der Waals surface area contributed by atoms with Gasteiger partial charge in [-0.2, -0.15) is 0 Å². The van der Waals surface area contributed by atoms with Crippen molar-refractivity contribution in [1.82, 2.24) is 4.98 Å². The molecular formula is C12H11BrN2O4S2. The number of hydrogen-bond donors (Lipinski definition) is 1. The van der Waals surface area contributed by atoms with Crippen molar-refractivity contribution < 1.29 is 17.9 Å². The summed E-state index contributed by atoms with van der Waals surface area (Å²) < 4.78 is 32.4. The highest BCUT2D eigenvalue weighted by Crippen LogP contribution is 2.25. The first-order valence-electron chi connectivity index (χ1n) is 5.67. The van der Waals surface area contributed by atoms with Gasteiger partial charge in [-0.15, -0.1) is 11.3 Å². The number of nitrogens with one attached hydrogen (secondary N) is 1. The molecule has 0 radical (unpaired) electrons. The third-order valence-electron chi connectivity index (χ3n) is 2.55. The third kappa shape index (κ3) is 3.42. The summed E-state index contributed by atoms with van der Waals surface area (Å²) in [7, 11) is -2.70. The fraction of sp³-hybridized carbons (Fsp3) is 0.167. The molecule has 0 spiro atoms. The summed E-state index contributed by atoms with van der Waals surface area (Å²) in [5.74, 6) is -0.511. The number of aromatic nitrogens is 1. The van der Waals surface area contributed by atoms with Crippen molar-refractivity contribution in [2.75, 3.05) is 11.8 Å². The number of hydrogen-bond acceptors (Lipinski definition) is 6. The van der Waals surface area contributed by atoms with Crippen molar-refractivity contribution in [3.05, 3.63) is 38.6 Å². The average Bonchev–Trinajstić information content (AvgIpc) is 2.92. The van der Waals surface area contributed by atoms with E-state index in [0.717, 1.165) is 15.8 Å². The van der Waals surface area contributed by atoms with Crippen LogP contribution in [-0.4, -0.2) is 26.5 Å². The van der Waals surface area contributed by atoms with E-state index in [1.54, 1.807) is 13.0 Å². The molecule has 0 saturated carbocycles. The predicted molar refractivity (Wildman–Crippen MR) is 83.1 cm³/mol. The van der Waals surface area contributed by atoms with E-state index in [0.29, 0.717) is 5.69 Å². The third-order valence-corrected chi connectivity index (χ3v) is 5.81. The molecule has 112 valence electrons. The number of carbonyl (C=O) groups excluding carboxylic acids is 1. The Morgan fingerprint density at radius 3 is 2.71 bits per heavy atom. The van der Waals surface area contributed by atoms with Crippen molar-refractivity contribution in [1.29, 1.82) is 0 Å². The Bertz CT molecular complexity index is 786. The number of aryl methyl sites for hydroxylation is 1. The lowest BCUT2D eigenvalue weighted by atomic mass is 10.4. The van der Waals surface area contributed by atoms with Gasteiger partial charge in [0.2, 0.25) is 0 Å². The van der Waals surface area contributed by atoms with Gasteiger partial charge in [0.1, 0.15) is 15.6 Å². The molecule has 0 atom stereocenters. The second-order valence-electron chi connectivity index (χ2n) is 3.97. The number of ether oxygens (including phenoxy) is 1. The van der Waals surface area contributed by atoms with Gasteiger partial charge in [0, 0.05) is 4.47 Å². The van der Waals surface area contributed by atoms with Crippen molar-refractivity contribution in [3.8, 4) is 0 Å². The normalized spacial score (nSPS) is 11.2. The summed E-state index contributed by atoms with van der Waals surface area (Å²) in [6.07, 6.45) is 0. The van der Waals surface area contributed by atoms with Crippen molar-refractivity contribution in [2.45, 2.75) is 11.8 Å². The van der Waals surface area contributed by atoms with Gasteiger partial charge in [-0.05, 0) is 46.4 Å². The van der Waals surface area contributed by atoms with E-state index < -0.39 is 16.0 Å². The van der Waals surface area contributed by atoms with E-state index in [2.05, 4.69) is 30.4 Å². The molecule has 0 fully saturated rings. The van der Waals surface area contributed by atoms with Gasteiger partial charge in [-0.1, -0.05) is 0 Å². The molecule has 2 aromatic rings. The van der Waals surface area contributed by atoms with E-state index in [-0.39, 0.29) is 15.6 Å². The molecule has 0 aromatic carbocycles. The van der Waals surface area contributed by atoms with Crippen LogP contribution in [0, 0.1) is 6.92 Å². The summed E-state index contributed by atoms with van der Waals surface area (Å²) >= 11 is 4.29. The van der Waals surface area contributed by atoms with Gasteiger partial charge < -0.3 is 4.74 Å². The first-order valence-corrected chi connectivity index (χ1v) is 8.82. The Kier molecular flexibility index (Phi) is 4.64. The number of rotatable bonds is 4. The molecule has 0 aliphatic carbocycles. The quantitative estimate of drug-likeness (QED) is 0.811. The Hall–Kier alpha value is -1.45. The second kappa shape index (κ2) is 6.12. The number of nitrogens with zero attached hydrogens (tertiary/aromatic N) is 1. The summed E-state index contributed by atoms with van der Waals surface area (Å²) in [4.78, 5) is 15.6. The van der Waals surface area contributed by atoms with E-state index in [4.69, 9.17) is 0 Å². The number of methoxy groups -OCH3 is 1. The first-order chi connectivity index (χ1) is 9.85. The van der Waals surface area contributed by atoms with Gasteiger partial charge >= 0.3 is 5.97 Å². The Balaban J connectivity index is 2.37. The molecule has 0 bridgehead atoms. The molecule has 0 aliphatic heterocycles. The summed E-state index contributed by atoms with van der Waals surface area (Å²) in [6, 6.07) is 4.57. The number of carbonyl (C=O) groups is 1. The molecule has 6 nitrogen and oxygen atoms in total. The van der Waals surface area contributed by atoms with Crippen LogP contribution in [0.5, 0.6) is 0 Å². The number of esters is 1. The fourth-order valence-corrected chi connectivity index (χ4v) is 4.10. The minimum Gasteiger partial charge on any atom is -0.465 e. The Labute approximate surface area is 134 Å². The molecule has 0 amide bonds. The zero-order valence-electron chi connectivity index (χ0n) is 11.1. The van der Waals surface area contributed by atoms with Crippen LogP contribution < -0.4 is 4.72 Å². The molecule has 1 N–H and O–H groups in total. The average molecular weight is 391 g/mol. The zero-order chi connectivity index (χ0) is 15.6. The zero-order valence-corrected chi connectivity index (χ0v) is 14.3. The second-order valence-corrected chi connectivity index (χ2v) is 7.40. The van der Waals surface area contributed by atoms with Crippen LogP contribution >= 0.6 is 27.3 Å². The van der Waals surface area contributed by atoms with Gasteiger partial charge in [0.05, 0.1) is 12.8 Å². The number of thiophene rings is 1. The smallest absolute Gasteiger partial charge is 0.349 e. The highest BCUT2D eigenvalue weighted by molar-refractivity contribution is 9.10. The number of pyridine rings is 1.